The van der Waals surface area contributed by atoms with Crippen LogP contribution in [-0.2, 0) is 10.2 Å². The quantitative estimate of drug-likeness (QED) is 0.226. The molecular weight excluding hydrogens is 376 g/mol. The van der Waals surface area contributed by atoms with Gasteiger partial charge in [-0.15, -0.1) is 0 Å². The van der Waals surface area contributed by atoms with Gasteiger partial charge in [-0.2, -0.15) is 13.1 Å². The maximum absolute atomic E-state index is 10.8. The Bertz CT molecular complexity index is 869. The monoisotopic (exact) mass is 390 g/mol. The lowest BCUT2D eigenvalue weighted by atomic mass is 10.2. The minimum atomic E-state index is -3.82. The fraction of sp³-hybridized carbons (Fsp3) is 0.250. The zero-order chi connectivity index (χ0) is 18.4. The third kappa shape index (κ3) is 5.65. The molecule has 13 heteroatoms. The molecule has 2 aromatic rings. The number of amidine groups is 1. The number of halogens is 1. The third-order valence-electron chi connectivity index (χ3n) is 2.82. The second-order valence-corrected chi connectivity index (χ2v) is 6.50. The summed E-state index contributed by atoms with van der Waals surface area (Å²) in [5, 5.41) is 21.8. The van der Waals surface area contributed by atoms with Crippen LogP contribution in [0.1, 0.15) is 11.3 Å². The van der Waals surface area contributed by atoms with Crippen molar-refractivity contribution in [1.82, 2.24) is 20.5 Å². The van der Waals surface area contributed by atoms with Gasteiger partial charge in [-0.25, -0.2) is 14.8 Å². The predicted octanol–water partition coefficient (Wildman–Crippen LogP) is 0.260. The van der Waals surface area contributed by atoms with Crippen LogP contribution in [0.3, 0.4) is 0 Å². The van der Waals surface area contributed by atoms with Crippen molar-refractivity contribution in [3.8, 4) is 5.88 Å². The Kier molecular flexibility index (Phi) is 6.27. The summed E-state index contributed by atoms with van der Waals surface area (Å²) in [7, 11) is -3.82. The fourth-order valence-corrected chi connectivity index (χ4v) is 2.20. The van der Waals surface area contributed by atoms with E-state index in [-0.39, 0.29) is 30.6 Å². The summed E-state index contributed by atoms with van der Waals surface area (Å²) in [5.74, 6) is -0.181. The molecule has 136 valence electrons. The first-order valence-electron chi connectivity index (χ1n) is 6.78. The number of ether oxygens (including phenoxy) is 1. The summed E-state index contributed by atoms with van der Waals surface area (Å²) in [4.78, 5) is 4.17. The summed E-state index contributed by atoms with van der Waals surface area (Å²) in [6, 6.07) is 4.99. The van der Waals surface area contributed by atoms with Gasteiger partial charge >= 0.3 is 0 Å². The molecule has 11 nitrogen and oxygen atoms in total. The van der Waals surface area contributed by atoms with Crippen molar-refractivity contribution >= 4 is 33.3 Å². The number of aryl methyl sites for hydroxylation is 1. The molecule has 0 aliphatic heterocycles. The summed E-state index contributed by atoms with van der Waals surface area (Å²) in [6.07, 6.45) is 0. The normalized spacial score (nSPS) is 12.2. The molecule has 1 heterocycles. The van der Waals surface area contributed by atoms with Crippen LogP contribution in [0, 0.1) is 6.92 Å². The van der Waals surface area contributed by atoms with E-state index < -0.39 is 10.2 Å². The van der Waals surface area contributed by atoms with Gasteiger partial charge in [0.15, 0.2) is 5.84 Å². The summed E-state index contributed by atoms with van der Waals surface area (Å²) >= 11 is 5.95. The summed E-state index contributed by atoms with van der Waals surface area (Å²) in [6.45, 7) is 1.61. The number of benzene rings is 1. The minimum absolute atomic E-state index is 0.00860. The van der Waals surface area contributed by atoms with Gasteiger partial charge in [-0.3, -0.25) is 10.7 Å². The van der Waals surface area contributed by atoms with E-state index in [4.69, 9.17) is 21.5 Å². The molecule has 0 saturated carbocycles. The molecule has 0 spiro atoms. The second kappa shape index (κ2) is 8.22. The number of hydrogen-bond donors (Lipinski definition) is 4. The molecule has 5 N–H and O–H groups in total. The molecule has 1 aromatic heterocycles. The van der Waals surface area contributed by atoms with E-state index in [1.807, 2.05) is 10.2 Å². The third-order valence-corrected chi connectivity index (χ3v) is 3.85. The van der Waals surface area contributed by atoms with Crippen molar-refractivity contribution < 1.29 is 23.0 Å². The van der Waals surface area contributed by atoms with E-state index in [0.29, 0.717) is 10.7 Å². The van der Waals surface area contributed by atoms with Crippen LogP contribution in [0.2, 0.25) is 5.02 Å². The molecular formula is C12H15ClN6O5S. The number of hydroxylamine groups is 1. The van der Waals surface area contributed by atoms with Crippen LogP contribution < -0.4 is 20.1 Å². The average molecular weight is 391 g/mol. The van der Waals surface area contributed by atoms with Gasteiger partial charge in [0.1, 0.15) is 6.61 Å². The van der Waals surface area contributed by atoms with Crippen molar-refractivity contribution in [1.29, 1.82) is 0 Å². The van der Waals surface area contributed by atoms with E-state index in [0.717, 1.165) is 5.56 Å². The Hall–Kier alpha value is -2.25. The highest BCUT2D eigenvalue weighted by atomic mass is 35.5. The Labute approximate surface area is 147 Å². The fourth-order valence-electron chi connectivity index (χ4n) is 1.71. The van der Waals surface area contributed by atoms with Gasteiger partial charge < -0.3 is 4.74 Å². The van der Waals surface area contributed by atoms with Gasteiger partial charge in [0.05, 0.1) is 5.69 Å². The van der Waals surface area contributed by atoms with Gasteiger partial charge in [-0.05, 0) is 41.0 Å². The largest absolute Gasteiger partial charge is 0.472 e. The van der Waals surface area contributed by atoms with Gasteiger partial charge in [0, 0.05) is 11.6 Å². The van der Waals surface area contributed by atoms with Crippen LogP contribution in [-0.4, -0.2) is 42.9 Å². The van der Waals surface area contributed by atoms with Gasteiger partial charge in [0.25, 0.3) is 16.1 Å². The van der Waals surface area contributed by atoms with Crippen molar-refractivity contribution in [3.05, 3.63) is 34.5 Å². The molecule has 25 heavy (non-hydrogen) atoms. The summed E-state index contributed by atoms with van der Waals surface area (Å²) < 4.78 is 33.4. The van der Waals surface area contributed by atoms with Gasteiger partial charge in [0.2, 0.25) is 5.69 Å². The van der Waals surface area contributed by atoms with Crippen molar-refractivity contribution in [2.24, 2.45) is 10.1 Å². The number of nitrogens with two attached hydrogens (primary N) is 1. The van der Waals surface area contributed by atoms with Crippen LogP contribution in [0.15, 0.2) is 27.8 Å². The van der Waals surface area contributed by atoms with E-state index in [1.165, 1.54) is 0 Å². The maximum atomic E-state index is 10.8. The average Bonchev–Trinajstić information content (AvgIpc) is 3.00. The Balaban J connectivity index is 2.14. The summed E-state index contributed by atoms with van der Waals surface area (Å²) in [5.41, 5.74) is 3.16. The lowest BCUT2D eigenvalue weighted by Crippen LogP contribution is -2.34. The number of rotatable bonds is 7. The number of aromatic nitrogens is 2. The number of hydrogen-bond acceptors (Lipinski definition) is 8. The molecule has 1 aromatic carbocycles. The van der Waals surface area contributed by atoms with E-state index in [2.05, 4.69) is 19.9 Å². The molecule has 0 aliphatic carbocycles. The Morgan fingerprint density at radius 1 is 1.48 bits per heavy atom. The van der Waals surface area contributed by atoms with Gasteiger partial charge in [-0.1, -0.05) is 11.6 Å². The number of aliphatic imine (C=N–C) groups is 1. The highest BCUT2D eigenvalue weighted by Gasteiger charge is 2.18. The van der Waals surface area contributed by atoms with E-state index in [1.54, 1.807) is 25.1 Å². The molecule has 0 atom stereocenters. The zero-order valence-corrected chi connectivity index (χ0v) is 14.5. The van der Waals surface area contributed by atoms with E-state index in [9.17, 15) is 13.6 Å². The number of nitrogens with one attached hydrogen (secondary N) is 2. The first kappa shape index (κ1) is 19.1. The SMILES string of the molecule is Cc1cc(N=C(NO)c2nonc2OCCNS(N)(=O)=O)ccc1Cl. The van der Waals surface area contributed by atoms with Crippen molar-refractivity contribution in [3.63, 3.8) is 0 Å². The predicted molar refractivity (Wildman–Crippen MR) is 88.2 cm³/mol. The highest BCUT2D eigenvalue weighted by Crippen LogP contribution is 2.23. The lowest BCUT2D eigenvalue weighted by Gasteiger charge is -2.06. The maximum Gasteiger partial charge on any atom is 0.287 e. The molecule has 0 fully saturated rings. The first-order valence-corrected chi connectivity index (χ1v) is 8.70. The topological polar surface area (TPSA) is 165 Å². The molecule has 0 radical (unpaired) electrons. The van der Waals surface area contributed by atoms with Crippen LogP contribution in [0.4, 0.5) is 5.69 Å². The van der Waals surface area contributed by atoms with E-state index >= 15 is 0 Å². The Morgan fingerprint density at radius 3 is 2.88 bits per heavy atom. The lowest BCUT2D eigenvalue weighted by molar-refractivity contribution is 0.233. The number of nitrogens with zero attached hydrogens (tertiary/aromatic N) is 3. The minimum Gasteiger partial charge on any atom is -0.472 e. The highest BCUT2D eigenvalue weighted by molar-refractivity contribution is 7.87. The van der Waals surface area contributed by atoms with Crippen LogP contribution in [0.25, 0.3) is 0 Å². The smallest absolute Gasteiger partial charge is 0.287 e. The molecule has 0 bridgehead atoms. The first-order chi connectivity index (χ1) is 11.8. The Morgan fingerprint density at radius 2 is 2.24 bits per heavy atom. The molecule has 0 aliphatic rings. The molecule has 0 saturated heterocycles. The zero-order valence-electron chi connectivity index (χ0n) is 12.9. The van der Waals surface area contributed by atoms with Crippen LogP contribution >= 0.6 is 11.6 Å². The molecule has 0 amide bonds. The second-order valence-electron chi connectivity index (χ2n) is 4.71. The van der Waals surface area contributed by atoms with Crippen LogP contribution in [0.5, 0.6) is 5.88 Å². The standard InChI is InChI=1S/C12H15ClN6O5S/c1-7-6-8(2-3-9(7)13)16-11(17-20)10-12(19-24-18-10)23-5-4-15-25(14,21)22/h2-3,6,15,20H,4-5H2,1H3,(H,16,17)(H2,14,21,22). The van der Waals surface area contributed by atoms with Crippen molar-refractivity contribution in [2.45, 2.75) is 6.92 Å². The molecule has 0 unspecified atom stereocenters. The van der Waals surface area contributed by atoms with Crippen molar-refractivity contribution in [2.75, 3.05) is 13.2 Å². The molecule has 2 rings (SSSR count).